The Balaban J connectivity index is 0.00000616. The van der Waals surface area contributed by atoms with Crippen molar-refractivity contribution in [3.8, 4) is 11.5 Å². The normalized spacial score (nSPS) is 10.8. The van der Waals surface area contributed by atoms with Crippen LogP contribution >= 0.6 is 11.3 Å². The molecule has 0 fully saturated rings. The molecule has 0 atom stereocenters. The lowest BCUT2D eigenvalue weighted by atomic mass is 10.1. The summed E-state index contributed by atoms with van der Waals surface area (Å²) in [7, 11) is 1.67. The number of aromatic nitrogens is 1. The minimum atomic E-state index is -0.00379. The zero-order valence-corrected chi connectivity index (χ0v) is 28.6. The Morgan fingerprint density at radius 3 is 2.17 bits per heavy atom. The molecule has 1 amide bonds. The summed E-state index contributed by atoms with van der Waals surface area (Å²) in [4.78, 5) is 15.9. The van der Waals surface area contributed by atoms with Crippen LogP contribution in [0.3, 0.4) is 0 Å². The average molecular weight is 660 g/mol. The van der Waals surface area contributed by atoms with Gasteiger partial charge in [0.05, 0.1) is 25.1 Å². The van der Waals surface area contributed by atoms with Crippen molar-refractivity contribution in [3.63, 3.8) is 0 Å². The number of amides is 1. The van der Waals surface area contributed by atoms with E-state index in [4.69, 9.17) is 9.47 Å². The molecule has 0 aliphatic carbocycles. The van der Waals surface area contributed by atoms with Crippen LogP contribution in [0.15, 0.2) is 54.2 Å². The maximum atomic E-state index is 12.8. The molecule has 0 aliphatic heterocycles. The summed E-state index contributed by atoms with van der Waals surface area (Å²) < 4.78 is 13.9. The number of carbonyl (C=O) groups is 1. The van der Waals surface area contributed by atoms with E-state index >= 15 is 0 Å². The number of rotatable bonds is 20. The molecule has 3 aromatic rings. The van der Waals surface area contributed by atoms with E-state index < -0.39 is 0 Å². The number of benzene rings is 2. The molecule has 0 saturated carbocycles. The van der Waals surface area contributed by atoms with Gasteiger partial charge in [-0.05, 0) is 43.7 Å². The van der Waals surface area contributed by atoms with Gasteiger partial charge < -0.3 is 31.4 Å². The van der Waals surface area contributed by atoms with Gasteiger partial charge in [0.1, 0.15) is 11.5 Å². The SMILES string of the molecule is CCCCCCCCCCCCCCOc1ccc(OC)cc1CN(C(C)=O)c1cccc(C[n+]2csc(C)c2)c1.[Br-]. The van der Waals surface area contributed by atoms with Crippen molar-refractivity contribution in [2.24, 2.45) is 0 Å². The third kappa shape index (κ3) is 12.9. The van der Waals surface area contributed by atoms with Crippen LogP contribution in [0.4, 0.5) is 5.69 Å². The third-order valence-corrected chi connectivity index (χ3v) is 8.39. The fourth-order valence-electron chi connectivity index (χ4n) is 5.19. The van der Waals surface area contributed by atoms with Crippen LogP contribution in [-0.2, 0) is 17.9 Å². The van der Waals surface area contributed by atoms with Crippen molar-refractivity contribution < 1.29 is 35.8 Å². The van der Waals surface area contributed by atoms with E-state index in [1.807, 2.05) is 35.2 Å². The van der Waals surface area contributed by atoms with Gasteiger partial charge in [0.2, 0.25) is 11.4 Å². The molecule has 1 heterocycles. The Labute approximate surface area is 269 Å². The van der Waals surface area contributed by atoms with E-state index in [1.165, 1.54) is 75.5 Å². The van der Waals surface area contributed by atoms with E-state index in [2.05, 4.69) is 42.3 Å². The molecule has 232 valence electrons. The molecule has 1 aromatic heterocycles. The number of ether oxygens (including phenoxy) is 2. The molecule has 7 heteroatoms. The lowest BCUT2D eigenvalue weighted by Gasteiger charge is -2.23. The second-order valence-electron chi connectivity index (χ2n) is 11.1. The van der Waals surface area contributed by atoms with Gasteiger partial charge in [-0.25, -0.2) is 0 Å². The standard InChI is InChI=1S/C35H51N2O3S.BrH/c1-5-6-7-8-9-10-11-12-13-14-15-16-22-40-35-21-20-34(39-4)24-32(35)27-37(30(3)38)33-19-17-18-31(23-33)26-36-25-29(2)41-28-36;/h17-21,23-25,28H,5-16,22,26-27H2,1-4H3;1H/q+1;/p-1. The van der Waals surface area contributed by atoms with Crippen LogP contribution < -0.4 is 35.9 Å². The van der Waals surface area contributed by atoms with E-state index in [0.717, 1.165) is 41.3 Å². The van der Waals surface area contributed by atoms with E-state index in [-0.39, 0.29) is 22.9 Å². The highest BCUT2D eigenvalue weighted by Gasteiger charge is 2.17. The van der Waals surface area contributed by atoms with Crippen molar-refractivity contribution in [1.29, 1.82) is 0 Å². The monoisotopic (exact) mass is 658 g/mol. The van der Waals surface area contributed by atoms with Gasteiger partial charge in [-0.15, -0.1) is 0 Å². The minimum Gasteiger partial charge on any atom is -1.00 e. The number of unbranched alkanes of at least 4 members (excludes halogenated alkanes) is 11. The molecule has 0 unspecified atom stereocenters. The number of nitrogens with zero attached hydrogens (tertiary/aromatic N) is 2. The fourth-order valence-corrected chi connectivity index (χ4v) is 5.82. The number of methoxy groups -OCH3 is 1. The maximum absolute atomic E-state index is 12.8. The van der Waals surface area contributed by atoms with Gasteiger partial charge in [-0.1, -0.05) is 101 Å². The molecule has 0 N–H and O–H groups in total. The summed E-state index contributed by atoms with van der Waals surface area (Å²) in [5.41, 5.74) is 5.12. The second kappa shape index (κ2) is 20.5. The zero-order valence-electron chi connectivity index (χ0n) is 26.2. The van der Waals surface area contributed by atoms with Gasteiger partial charge in [0, 0.05) is 23.7 Å². The van der Waals surface area contributed by atoms with E-state index in [1.54, 1.807) is 25.4 Å². The van der Waals surface area contributed by atoms with Gasteiger partial charge in [0.15, 0.2) is 12.7 Å². The summed E-state index contributed by atoms with van der Waals surface area (Å²) in [5, 5.41) is 0. The molecule has 3 rings (SSSR count). The fraction of sp³-hybridized carbons (Fsp3) is 0.543. The number of carbonyl (C=O) groups excluding carboxylic acids is 1. The Morgan fingerprint density at radius 1 is 0.905 bits per heavy atom. The predicted molar refractivity (Wildman–Crippen MR) is 171 cm³/mol. The zero-order chi connectivity index (χ0) is 29.3. The summed E-state index contributed by atoms with van der Waals surface area (Å²) in [6, 6.07) is 14.1. The third-order valence-electron chi connectivity index (χ3n) is 7.54. The molecule has 0 radical (unpaired) electrons. The summed E-state index contributed by atoms with van der Waals surface area (Å²) >= 11 is 1.74. The molecule has 5 nitrogen and oxygen atoms in total. The van der Waals surface area contributed by atoms with E-state index in [0.29, 0.717) is 13.2 Å². The quantitative estimate of drug-likeness (QED) is 0.110. The first-order valence-electron chi connectivity index (χ1n) is 15.6. The van der Waals surface area contributed by atoms with Crippen LogP contribution in [0, 0.1) is 6.92 Å². The van der Waals surface area contributed by atoms with Crippen LogP contribution in [0.5, 0.6) is 11.5 Å². The molecule has 2 aromatic carbocycles. The first-order valence-corrected chi connectivity index (χ1v) is 16.5. The van der Waals surface area contributed by atoms with Crippen molar-refractivity contribution in [2.75, 3.05) is 18.6 Å². The lowest BCUT2D eigenvalue weighted by molar-refractivity contribution is -0.683. The number of aryl methyl sites for hydroxylation is 1. The highest BCUT2D eigenvalue weighted by molar-refractivity contribution is 7.09. The average Bonchev–Trinajstić information content (AvgIpc) is 3.38. The van der Waals surface area contributed by atoms with Crippen molar-refractivity contribution >= 4 is 22.9 Å². The predicted octanol–water partition coefficient (Wildman–Crippen LogP) is 6.04. The molecule has 42 heavy (non-hydrogen) atoms. The van der Waals surface area contributed by atoms with Gasteiger partial charge in [0.25, 0.3) is 0 Å². The smallest absolute Gasteiger partial charge is 0.225 e. The molecular weight excluding hydrogens is 608 g/mol. The summed E-state index contributed by atoms with van der Waals surface area (Å²) in [6.45, 7) is 7.89. The number of anilines is 1. The highest BCUT2D eigenvalue weighted by Crippen LogP contribution is 2.28. The molecule has 0 aliphatic rings. The Hall–Kier alpha value is -2.38. The molecule has 0 bridgehead atoms. The number of hydrogen-bond donors (Lipinski definition) is 0. The Bertz CT molecular complexity index is 1180. The highest BCUT2D eigenvalue weighted by atomic mass is 79.9. The van der Waals surface area contributed by atoms with Crippen LogP contribution in [0.1, 0.15) is 107 Å². The molecular formula is C35H51BrN2O3S. The number of halogens is 1. The second-order valence-corrected chi connectivity index (χ2v) is 12.2. The number of hydrogen-bond acceptors (Lipinski definition) is 4. The largest absolute Gasteiger partial charge is 1.00 e. The lowest BCUT2D eigenvalue weighted by Crippen LogP contribution is -3.00. The Morgan fingerprint density at radius 2 is 1.57 bits per heavy atom. The van der Waals surface area contributed by atoms with Crippen LogP contribution in [-0.4, -0.2) is 19.6 Å². The van der Waals surface area contributed by atoms with E-state index in [9.17, 15) is 4.79 Å². The number of thiazole rings is 1. The molecule has 0 saturated heterocycles. The van der Waals surface area contributed by atoms with Gasteiger partial charge >= 0.3 is 0 Å². The first kappa shape index (κ1) is 35.8. The van der Waals surface area contributed by atoms with Crippen LogP contribution in [0.2, 0.25) is 0 Å². The van der Waals surface area contributed by atoms with Gasteiger partial charge in [-0.2, -0.15) is 4.57 Å². The van der Waals surface area contributed by atoms with Crippen molar-refractivity contribution in [3.05, 3.63) is 70.2 Å². The summed E-state index contributed by atoms with van der Waals surface area (Å²) in [6.07, 6.45) is 18.0. The minimum absolute atomic E-state index is 0. The maximum Gasteiger partial charge on any atom is 0.225 e. The molecule has 0 spiro atoms. The van der Waals surface area contributed by atoms with Crippen molar-refractivity contribution in [2.45, 2.75) is 111 Å². The first-order chi connectivity index (χ1) is 20.0. The topological polar surface area (TPSA) is 42.7 Å². The van der Waals surface area contributed by atoms with Gasteiger partial charge in [-0.3, -0.25) is 4.79 Å². The Kier molecular flexibility index (Phi) is 17.5. The van der Waals surface area contributed by atoms with Crippen molar-refractivity contribution in [1.82, 2.24) is 0 Å². The summed E-state index contributed by atoms with van der Waals surface area (Å²) in [5.74, 6) is 1.58. The van der Waals surface area contributed by atoms with Crippen LogP contribution in [0.25, 0.3) is 0 Å².